The fourth-order valence-corrected chi connectivity index (χ4v) is 9.73. The number of aliphatic hydroxyl groups excluding tert-OH is 1. The van der Waals surface area contributed by atoms with Crippen LogP contribution in [0.3, 0.4) is 0 Å². The number of rotatable bonds is 5. The van der Waals surface area contributed by atoms with Crippen LogP contribution in [0.25, 0.3) is 0 Å². The van der Waals surface area contributed by atoms with Crippen LogP contribution in [0.2, 0.25) is 0 Å². The lowest BCUT2D eigenvalue weighted by Crippen LogP contribution is -2.56. The molecule has 0 aromatic heterocycles. The van der Waals surface area contributed by atoms with Crippen molar-refractivity contribution in [2.75, 3.05) is 0 Å². The van der Waals surface area contributed by atoms with Gasteiger partial charge in [0.1, 0.15) is 0 Å². The van der Waals surface area contributed by atoms with Crippen molar-refractivity contribution in [1.29, 1.82) is 0 Å². The number of hydrogen-bond acceptors (Lipinski definition) is 1. The van der Waals surface area contributed by atoms with Crippen molar-refractivity contribution in [3.05, 3.63) is 0 Å². The average molecular weight is 403 g/mol. The monoisotopic (exact) mass is 402 g/mol. The van der Waals surface area contributed by atoms with Crippen LogP contribution in [0.5, 0.6) is 0 Å². The van der Waals surface area contributed by atoms with Gasteiger partial charge in [0.2, 0.25) is 0 Å². The summed E-state index contributed by atoms with van der Waals surface area (Å²) in [6.45, 7) is 15.0. The van der Waals surface area contributed by atoms with Crippen molar-refractivity contribution < 1.29 is 5.11 Å². The number of aliphatic hydroxyl groups is 1. The minimum absolute atomic E-state index is 0.0407. The van der Waals surface area contributed by atoms with Gasteiger partial charge in [0.05, 0.1) is 6.10 Å². The highest BCUT2D eigenvalue weighted by Crippen LogP contribution is 2.68. The normalized spacial score (nSPS) is 50.7. The van der Waals surface area contributed by atoms with Crippen molar-refractivity contribution in [3.8, 4) is 0 Å². The average Bonchev–Trinajstić information content (AvgIpc) is 3.02. The fourth-order valence-electron chi connectivity index (χ4n) is 9.73. The van der Waals surface area contributed by atoms with Gasteiger partial charge in [-0.1, -0.05) is 60.8 Å². The lowest BCUT2D eigenvalue weighted by Gasteiger charge is -2.62. The lowest BCUT2D eigenvalue weighted by atomic mass is 9.43. The van der Waals surface area contributed by atoms with Crippen molar-refractivity contribution in [2.24, 2.45) is 58.2 Å². The molecule has 1 nitrogen and oxygen atoms in total. The van der Waals surface area contributed by atoms with E-state index in [1.165, 1.54) is 64.2 Å². The summed E-state index contributed by atoms with van der Waals surface area (Å²) < 4.78 is 0. The van der Waals surface area contributed by atoms with Crippen LogP contribution >= 0.6 is 0 Å². The number of fused-ring (bicyclic) bond motifs is 5. The fraction of sp³-hybridized carbons (Fsp3) is 1.00. The highest BCUT2D eigenvalue weighted by Gasteiger charge is 2.61. The second-order valence-electron chi connectivity index (χ2n) is 13.1. The summed E-state index contributed by atoms with van der Waals surface area (Å²) in [4.78, 5) is 0. The molecule has 168 valence electrons. The maximum absolute atomic E-state index is 10.5. The number of hydrogen-bond donors (Lipinski definition) is 1. The molecule has 0 aliphatic heterocycles. The first-order chi connectivity index (χ1) is 13.7. The van der Waals surface area contributed by atoms with Gasteiger partial charge in [-0.25, -0.2) is 0 Å². The Morgan fingerprint density at radius 3 is 2.17 bits per heavy atom. The molecule has 0 saturated heterocycles. The van der Waals surface area contributed by atoms with Gasteiger partial charge in [0.25, 0.3) is 0 Å². The summed E-state index contributed by atoms with van der Waals surface area (Å²) in [5, 5.41) is 10.5. The molecule has 1 N–H and O–H groups in total. The Labute approximate surface area is 181 Å². The van der Waals surface area contributed by atoms with Gasteiger partial charge in [-0.05, 0) is 110 Å². The second-order valence-corrected chi connectivity index (χ2v) is 13.1. The van der Waals surface area contributed by atoms with Gasteiger partial charge < -0.3 is 5.11 Å². The minimum atomic E-state index is -0.0407. The quantitative estimate of drug-likeness (QED) is 0.499. The van der Waals surface area contributed by atoms with Crippen LogP contribution in [-0.2, 0) is 0 Å². The van der Waals surface area contributed by atoms with E-state index in [4.69, 9.17) is 0 Å². The van der Waals surface area contributed by atoms with E-state index in [-0.39, 0.29) is 6.10 Å². The summed E-state index contributed by atoms with van der Waals surface area (Å²) >= 11 is 0. The summed E-state index contributed by atoms with van der Waals surface area (Å²) in [6, 6.07) is 0. The Bertz CT molecular complexity index is 569. The maximum Gasteiger partial charge on any atom is 0.0568 e. The van der Waals surface area contributed by atoms with E-state index in [1.54, 1.807) is 0 Å². The van der Waals surface area contributed by atoms with Crippen molar-refractivity contribution in [3.63, 3.8) is 0 Å². The molecule has 0 aromatic carbocycles. The Morgan fingerprint density at radius 1 is 0.793 bits per heavy atom. The first kappa shape index (κ1) is 22.2. The van der Waals surface area contributed by atoms with E-state index in [1.807, 2.05) is 0 Å². The van der Waals surface area contributed by atoms with E-state index in [0.717, 1.165) is 47.8 Å². The predicted octanol–water partition coefficient (Wildman–Crippen LogP) is 7.71. The van der Waals surface area contributed by atoms with Crippen LogP contribution in [0.4, 0.5) is 0 Å². The Hall–Kier alpha value is -0.0400. The highest BCUT2D eigenvalue weighted by atomic mass is 16.3. The molecule has 4 saturated carbocycles. The lowest BCUT2D eigenvalue weighted by molar-refractivity contribution is -0.149. The van der Waals surface area contributed by atoms with Gasteiger partial charge in [-0.3, -0.25) is 0 Å². The van der Waals surface area contributed by atoms with E-state index in [2.05, 4.69) is 41.5 Å². The van der Waals surface area contributed by atoms with Crippen LogP contribution in [0.1, 0.15) is 112 Å². The van der Waals surface area contributed by atoms with E-state index < -0.39 is 0 Å². The zero-order valence-electron chi connectivity index (χ0n) is 20.4. The van der Waals surface area contributed by atoms with Gasteiger partial charge in [-0.2, -0.15) is 0 Å². The molecule has 0 radical (unpaired) electrons. The zero-order valence-corrected chi connectivity index (χ0v) is 20.4. The highest BCUT2D eigenvalue weighted by molar-refractivity contribution is 5.10. The van der Waals surface area contributed by atoms with Crippen LogP contribution in [-0.4, -0.2) is 11.2 Å². The van der Waals surface area contributed by atoms with Gasteiger partial charge in [-0.15, -0.1) is 0 Å². The molecule has 29 heavy (non-hydrogen) atoms. The van der Waals surface area contributed by atoms with Crippen molar-refractivity contribution in [1.82, 2.24) is 0 Å². The summed E-state index contributed by atoms with van der Waals surface area (Å²) in [5.74, 6) is 6.92. The maximum atomic E-state index is 10.5. The van der Waals surface area contributed by atoms with Crippen LogP contribution in [0, 0.1) is 58.2 Å². The standard InChI is InChI=1S/C28H50O/c1-18(2)8-7-9-19(3)22-12-13-24-21-10-11-23-20(4)26(29)15-17-28(23,6)25(21)14-16-27(22,24)5/h18-26,29H,7-17H2,1-6H3/t19-,20-,21-,22-,23+,24+,25+,26-,27-,28-/m0/s1. The van der Waals surface area contributed by atoms with Crippen molar-refractivity contribution >= 4 is 0 Å². The molecule has 1 heteroatoms. The van der Waals surface area contributed by atoms with Gasteiger partial charge in [0, 0.05) is 0 Å². The molecule has 4 aliphatic rings. The third-order valence-electron chi connectivity index (χ3n) is 11.4. The molecule has 0 aromatic rings. The zero-order chi connectivity index (χ0) is 21.0. The van der Waals surface area contributed by atoms with E-state index in [0.29, 0.717) is 16.7 Å². The molecule has 0 bridgehead atoms. The second kappa shape index (κ2) is 8.14. The Balaban J connectivity index is 1.48. The Kier molecular flexibility index (Phi) is 6.22. The summed E-state index contributed by atoms with van der Waals surface area (Å²) in [7, 11) is 0. The van der Waals surface area contributed by atoms with E-state index >= 15 is 0 Å². The van der Waals surface area contributed by atoms with Gasteiger partial charge >= 0.3 is 0 Å². The summed E-state index contributed by atoms with van der Waals surface area (Å²) in [5.41, 5.74) is 1.12. The summed E-state index contributed by atoms with van der Waals surface area (Å²) in [6.07, 6.45) is 15.4. The predicted molar refractivity (Wildman–Crippen MR) is 124 cm³/mol. The smallest absolute Gasteiger partial charge is 0.0568 e. The van der Waals surface area contributed by atoms with E-state index in [9.17, 15) is 5.11 Å². The molecule has 4 aliphatic carbocycles. The third-order valence-corrected chi connectivity index (χ3v) is 11.4. The van der Waals surface area contributed by atoms with Crippen LogP contribution in [0.15, 0.2) is 0 Å². The SMILES string of the molecule is CC(C)CCC[C@H](C)[C@@H]1CC[C@@H]2[C@@H]3CC[C@@H]4[C@H](C)[C@@H](O)CC[C@]4(C)[C@@H]3CC[C@]21C. The topological polar surface area (TPSA) is 20.2 Å². The van der Waals surface area contributed by atoms with Gasteiger partial charge in [0.15, 0.2) is 0 Å². The van der Waals surface area contributed by atoms with Crippen LogP contribution < -0.4 is 0 Å². The Morgan fingerprint density at radius 2 is 1.45 bits per heavy atom. The molecular formula is C28H50O. The first-order valence-corrected chi connectivity index (χ1v) is 13.4. The molecule has 4 fully saturated rings. The largest absolute Gasteiger partial charge is 0.393 e. The molecule has 4 rings (SSSR count). The van der Waals surface area contributed by atoms with Crippen molar-refractivity contribution in [2.45, 2.75) is 118 Å². The molecule has 0 heterocycles. The molecule has 0 amide bonds. The molecular weight excluding hydrogens is 352 g/mol. The minimum Gasteiger partial charge on any atom is -0.393 e. The molecule has 10 atom stereocenters. The third kappa shape index (κ3) is 3.64. The molecule has 0 spiro atoms. The molecule has 0 unspecified atom stereocenters. The first-order valence-electron chi connectivity index (χ1n) is 13.4.